The highest BCUT2D eigenvalue weighted by atomic mass is 32.1. The highest BCUT2D eigenvalue weighted by Gasteiger charge is 2.39. The molecule has 1 amide bonds. The summed E-state index contributed by atoms with van der Waals surface area (Å²) in [4.78, 5) is 14.7. The number of hydrogen-bond acceptors (Lipinski definition) is 5. The third-order valence-corrected chi connectivity index (χ3v) is 6.15. The molecule has 3 rings (SSSR count). The van der Waals surface area contributed by atoms with Crippen molar-refractivity contribution in [2.75, 3.05) is 6.54 Å². The van der Waals surface area contributed by atoms with E-state index in [0.717, 1.165) is 32.4 Å². The molecule has 0 unspecified atom stereocenters. The molecule has 25 heavy (non-hydrogen) atoms. The van der Waals surface area contributed by atoms with Crippen LogP contribution < -0.4 is 10.6 Å². The normalized spacial score (nSPS) is 16.3. The molecule has 0 atom stereocenters. The van der Waals surface area contributed by atoms with Crippen molar-refractivity contribution < 1.29 is 9.53 Å². The van der Waals surface area contributed by atoms with Crippen LogP contribution in [-0.2, 0) is 11.3 Å². The van der Waals surface area contributed by atoms with Gasteiger partial charge < -0.3 is 15.4 Å². The van der Waals surface area contributed by atoms with Gasteiger partial charge in [-0.05, 0) is 62.9 Å². The van der Waals surface area contributed by atoms with Gasteiger partial charge in [-0.3, -0.25) is 0 Å². The molecule has 1 saturated carbocycles. The third-order valence-electron chi connectivity index (χ3n) is 4.30. The standard InChI is InChI=1S/C19H26N2O2S2/c1-18(2,3)23-17(22)21-19(7-5-8-19)13-20-11-15-10-14(12-25-15)16-6-4-9-24-16/h4,6,9-10,12,20H,5,7-8,11,13H2,1-3H3,(H,21,22). The van der Waals surface area contributed by atoms with E-state index in [1.807, 2.05) is 20.8 Å². The van der Waals surface area contributed by atoms with Gasteiger partial charge in [-0.1, -0.05) is 6.07 Å². The lowest BCUT2D eigenvalue weighted by molar-refractivity contribution is 0.0382. The molecular formula is C19H26N2O2S2. The van der Waals surface area contributed by atoms with Crippen molar-refractivity contribution >= 4 is 28.8 Å². The first kappa shape index (κ1) is 18.4. The van der Waals surface area contributed by atoms with Crippen LogP contribution in [0.25, 0.3) is 10.4 Å². The van der Waals surface area contributed by atoms with Gasteiger partial charge in [-0.2, -0.15) is 0 Å². The Labute approximate surface area is 157 Å². The van der Waals surface area contributed by atoms with Crippen LogP contribution in [0.2, 0.25) is 0 Å². The summed E-state index contributed by atoms with van der Waals surface area (Å²) in [5.41, 5.74) is 0.676. The lowest BCUT2D eigenvalue weighted by Crippen LogP contribution is -2.59. The summed E-state index contributed by atoms with van der Waals surface area (Å²) >= 11 is 3.54. The summed E-state index contributed by atoms with van der Waals surface area (Å²) in [5.74, 6) is 0. The van der Waals surface area contributed by atoms with Gasteiger partial charge in [0.15, 0.2) is 0 Å². The van der Waals surface area contributed by atoms with Gasteiger partial charge in [0.1, 0.15) is 5.60 Å². The zero-order valence-corrected chi connectivity index (χ0v) is 16.7. The van der Waals surface area contributed by atoms with Crippen molar-refractivity contribution in [3.8, 4) is 10.4 Å². The predicted molar refractivity (Wildman–Crippen MR) is 105 cm³/mol. The topological polar surface area (TPSA) is 50.4 Å². The summed E-state index contributed by atoms with van der Waals surface area (Å²) in [5, 5.41) is 10.9. The minimum absolute atomic E-state index is 0.157. The minimum Gasteiger partial charge on any atom is -0.444 e. The monoisotopic (exact) mass is 378 g/mol. The molecule has 2 aromatic heterocycles. The lowest BCUT2D eigenvalue weighted by Gasteiger charge is -2.42. The molecule has 1 aliphatic carbocycles. The van der Waals surface area contributed by atoms with E-state index in [4.69, 9.17) is 4.74 Å². The number of nitrogens with one attached hydrogen (secondary N) is 2. The molecule has 136 valence electrons. The minimum atomic E-state index is -0.461. The zero-order valence-electron chi connectivity index (χ0n) is 15.1. The first-order valence-electron chi connectivity index (χ1n) is 8.68. The van der Waals surface area contributed by atoms with Crippen molar-refractivity contribution in [1.82, 2.24) is 10.6 Å². The van der Waals surface area contributed by atoms with Crippen molar-refractivity contribution in [2.45, 2.75) is 57.7 Å². The quantitative estimate of drug-likeness (QED) is 0.742. The van der Waals surface area contributed by atoms with E-state index >= 15 is 0 Å². The maximum absolute atomic E-state index is 12.1. The number of alkyl carbamates (subject to hydrolysis) is 1. The first-order valence-corrected chi connectivity index (χ1v) is 10.4. The fraction of sp³-hybridized carbons (Fsp3) is 0.526. The van der Waals surface area contributed by atoms with Crippen molar-refractivity contribution in [3.05, 3.63) is 33.8 Å². The Morgan fingerprint density at radius 2 is 2.12 bits per heavy atom. The van der Waals surface area contributed by atoms with Crippen LogP contribution in [0.15, 0.2) is 29.0 Å². The van der Waals surface area contributed by atoms with Crippen LogP contribution in [0.3, 0.4) is 0 Å². The SMILES string of the molecule is CC(C)(C)OC(=O)NC1(CNCc2cc(-c3cccs3)cs2)CCC1. The summed E-state index contributed by atoms with van der Waals surface area (Å²) < 4.78 is 5.40. The average Bonchev–Trinajstić information content (AvgIpc) is 3.13. The molecule has 6 heteroatoms. The zero-order chi connectivity index (χ0) is 17.9. The number of thiophene rings is 2. The predicted octanol–water partition coefficient (Wildman–Crippen LogP) is 5.01. The van der Waals surface area contributed by atoms with E-state index in [1.54, 1.807) is 22.7 Å². The number of rotatable bonds is 6. The van der Waals surface area contributed by atoms with E-state index in [-0.39, 0.29) is 11.6 Å². The Bertz CT molecular complexity index is 697. The summed E-state index contributed by atoms with van der Waals surface area (Å²) in [7, 11) is 0. The molecule has 0 aromatic carbocycles. The highest BCUT2D eigenvalue weighted by molar-refractivity contribution is 7.14. The van der Waals surface area contributed by atoms with Crippen molar-refractivity contribution in [2.24, 2.45) is 0 Å². The molecule has 0 spiro atoms. The number of hydrogen-bond donors (Lipinski definition) is 2. The van der Waals surface area contributed by atoms with Gasteiger partial charge in [-0.25, -0.2) is 4.79 Å². The summed E-state index contributed by atoms with van der Waals surface area (Å²) in [6.45, 7) is 7.27. The molecular weight excluding hydrogens is 352 g/mol. The van der Waals surface area contributed by atoms with Crippen LogP contribution in [0.5, 0.6) is 0 Å². The molecule has 0 saturated heterocycles. The Morgan fingerprint density at radius 3 is 2.72 bits per heavy atom. The second-order valence-electron chi connectivity index (χ2n) is 7.64. The largest absolute Gasteiger partial charge is 0.444 e. The molecule has 1 aliphatic rings. The van der Waals surface area contributed by atoms with E-state index in [9.17, 15) is 4.79 Å². The average molecular weight is 379 g/mol. The third kappa shape index (κ3) is 5.06. The fourth-order valence-electron chi connectivity index (χ4n) is 2.94. The second kappa shape index (κ2) is 7.48. The number of carbonyl (C=O) groups excluding carboxylic acids is 1. The molecule has 2 heterocycles. The Kier molecular flexibility index (Phi) is 5.51. The maximum atomic E-state index is 12.1. The van der Waals surface area contributed by atoms with Gasteiger partial charge in [0.2, 0.25) is 0 Å². The van der Waals surface area contributed by atoms with Gasteiger partial charge in [0.05, 0.1) is 5.54 Å². The molecule has 1 fully saturated rings. The van der Waals surface area contributed by atoms with E-state index < -0.39 is 5.60 Å². The van der Waals surface area contributed by atoms with Gasteiger partial charge in [0.25, 0.3) is 0 Å². The smallest absolute Gasteiger partial charge is 0.408 e. The van der Waals surface area contributed by atoms with Gasteiger partial charge in [-0.15, -0.1) is 22.7 Å². The lowest BCUT2D eigenvalue weighted by atomic mass is 9.76. The highest BCUT2D eigenvalue weighted by Crippen LogP contribution is 2.32. The molecule has 2 aromatic rings. The van der Waals surface area contributed by atoms with E-state index in [2.05, 4.69) is 39.6 Å². The van der Waals surface area contributed by atoms with E-state index in [0.29, 0.717) is 0 Å². The van der Waals surface area contributed by atoms with Crippen LogP contribution in [-0.4, -0.2) is 23.8 Å². The molecule has 0 radical (unpaired) electrons. The van der Waals surface area contributed by atoms with Gasteiger partial charge in [0, 0.05) is 28.4 Å². The Morgan fingerprint density at radius 1 is 1.32 bits per heavy atom. The van der Waals surface area contributed by atoms with Crippen molar-refractivity contribution in [1.29, 1.82) is 0 Å². The Balaban J connectivity index is 1.49. The van der Waals surface area contributed by atoms with Crippen LogP contribution in [0.4, 0.5) is 4.79 Å². The van der Waals surface area contributed by atoms with Gasteiger partial charge >= 0.3 is 6.09 Å². The maximum Gasteiger partial charge on any atom is 0.408 e. The molecule has 2 N–H and O–H groups in total. The van der Waals surface area contributed by atoms with Crippen LogP contribution in [0, 0.1) is 0 Å². The van der Waals surface area contributed by atoms with Crippen molar-refractivity contribution in [3.63, 3.8) is 0 Å². The molecule has 0 bridgehead atoms. The molecule has 4 nitrogen and oxygen atoms in total. The Hall–Kier alpha value is -1.37. The number of amides is 1. The summed E-state index contributed by atoms with van der Waals surface area (Å²) in [6.07, 6.45) is 2.85. The summed E-state index contributed by atoms with van der Waals surface area (Å²) in [6, 6.07) is 6.48. The van der Waals surface area contributed by atoms with Crippen LogP contribution >= 0.6 is 22.7 Å². The first-order chi connectivity index (χ1) is 11.9. The fourth-order valence-corrected chi connectivity index (χ4v) is 4.58. The number of carbonyl (C=O) groups is 1. The number of ether oxygens (including phenoxy) is 1. The molecule has 0 aliphatic heterocycles. The van der Waals surface area contributed by atoms with Crippen LogP contribution in [0.1, 0.15) is 44.9 Å². The second-order valence-corrected chi connectivity index (χ2v) is 9.59. The van der Waals surface area contributed by atoms with E-state index in [1.165, 1.54) is 15.3 Å².